The first-order chi connectivity index (χ1) is 16.3. The van der Waals surface area contributed by atoms with Gasteiger partial charge in [0.05, 0.1) is 6.54 Å². The monoisotopic (exact) mass is 458 g/mol. The lowest BCUT2D eigenvalue weighted by Crippen LogP contribution is -2.23. The maximum Gasteiger partial charge on any atom is 0.278 e. The zero-order valence-electron chi connectivity index (χ0n) is 20.1. The molecule has 9 nitrogen and oxygen atoms in total. The van der Waals surface area contributed by atoms with Gasteiger partial charge in [-0.3, -0.25) is 4.79 Å². The summed E-state index contributed by atoms with van der Waals surface area (Å²) in [5.41, 5.74) is 3.74. The minimum absolute atomic E-state index is 0.150. The highest BCUT2D eigenvalue weighted by Gasteiger charge is 2.24. The van der Waals surface area contributed by atoms with E-state index in [-0.39, 0.29) is 11.0 Å². The van der Waals surface area contributed by atoms with Gasteiger partial charge in [-0.1, -0.05) is 32.9 Å². The zero-order valence-corrected chi connectivity index (χ0v) is 20.1. The van der Waals surface area contributed by atoms with Gasteiger partial charge in [-0.2, -0.15) is 4.98 Å². The normalized spacial score (nSPS) is 13.8. The van der Waals surface area contributed by atoms with Crippen LogP contribution < -0.4 is 16.2 Å². The molecule has 4 heterocycles. The second-order valence-corrected chi connectivity index (χ2v) is 9.74. The molecule has 0 aliphatic carbocycles. The molecule has 1 aliphatic heterocycles. The predicted molar refractivity (Wildman–Crippen MR) is 134 cm³/mol. The van der Waals surface area contributed by atoms with E-state index in [1.807, 2.05) is 23.9 Å². The fourth-order valence-corrected chi connectivity index (χ4v) is 4.54. The number of imidazole rings is 1. The Kier molecular flexibility index (Phi) is 5.36. The van der Waals surface area contributed by atoms with Crippen LogP contribution in [-0.4, -0.2) is 35.4 Å². The van der Waals surface area contributed by atoms with Gasteiger partial charge >= 0.3 is 0 Å². The van der Waals surface area contributed by atoms with Crippen molar-refractivity contribution in [2.45, 2.75) is 45.7 Å². The summed E-state index contributed by atoms with van der Waals surface area (Å²) in [6.45, 7) is 12.4. The van der Waals surface area contributed by atoms with Crippen molar-refractivity contribution in [2.24, 2.45) is 7.05 Å². The Balaban J connectivity index is 1.62. The minimum Gasteiger partial charge on any atom is -0.335 e. The quantitative estimate of drug-likeness (QED) is 0.446. The number of hydrogen-bond acceptors (Lipinski definition) is 6. The van der Waals surface area contributed by atoms with E-state index in [9.17, 15) is 4.79 Å². The molecule has 0 atom stereocenters. The third-order valence-corrected chi connectivity index (χ3v) is 6.08. The topological polar surface area (TPSA) is 94.6 Å². The molecule has 0 unspecified atom stereocenters. The van der Waals surface area contributed by atoms with Crippen molar-refractivity contribution >= 4 is 22.7 Å². The van der Waals surface area contributed by atoms with Crippen molar-refractivity contribution in [3.8, 4) is 5.82 Å². The minimum atomic E-state index is -0.175. The van der Waals surface area contributed by atoms with E-state index in [2.05, 4.69) is 55.1 Å². The number of allylic oxidation sites excluding steroid dienone is 1. The van der Waals surface area contributed by atoms with Crippen LogP contribution in [0.3, 0.4) is 0 Å². The summed E-state index contributed by atoms with van der Waals surface area (Å²) in [6.07, 6.45) is 6.19. The number of rotatable bonds is 5. The average Bonchev–Trinajstić information content (AvgIpc) is 3.31. The Hall–Kier alpha value is -3.72. The Morgan fingerprint density at radius 1 is 1.24 bits per heavy atom. The smallest absolute Gasteiger partial charge is 0.278 e. The van der Waals surface area contributed by atoms with Gasteiger partial charge in [0, 0.05) is 37.1 Å². The van der Waals surface area contributed by atoms with E-state index in [1.165, 1.54) is 11.1 Å². The van der Waals surface area contributed by atoms with Crippen molar-refractivity contribution in [2.75, 3.05) is 11.9 Å². The Labute approximate surface area is 198 Å². The first-order valence-electron chi connectivity index (χ1n) is 11.5. The summed E-state index contributed by atoms with van der Waals surface area (Å²) in [5.74, 6) is 1.98. The maximum absolute atomic E-state index is 13.2. The molecule has 0 amide bonds. The van der Waals surface area contributed by atoms with Gasteiger partial charge in [0.2, 0.25) is 5.95 Å². The van der Waals surface area contributed by atoms with Crippen molar-refractivity contribution in [3.05, 3.63) is 70.6 Å². The third-order valence-electron chi connectivity index (χ3n) is 6.08. The summed E-state index contributed by atoms with van der Waals surface area (Å²) in [6, 6.07) is 6.30. The molecule has 1 aliphatic rings. The van der Waals surface area contributed by atoms with Gasteiger partial charge in [-0.15, -0.1) is 6.58 Å². The number of nitrogens with zero attached hydrogens (tertiary/aromatic N) is 6. The second-order valence-electron chi connectivity index (χ2n) is 9.74. The van der Waals surface area contributed by atoms with Crippen LogP contribution in [-0.2, 0) is 32.0 Å². The molecule has 0 fully saturated rings. The summed E-state index contributed by atoms with van der Waals surface area (Å²) in [7, 11) is 1.96. The lowest BCUT2D eigenvalue weighted by molar-refractivity contribution is 0.521. The van der Waals surface area contributed by atoms with Gasteiger partial charge in [-0.05, 0) is 36.2 Å². The summed E-state index contributed by atoms with van der Waals surface area (Å²) in [4.78, 5) is 27.2. The maximum atomic E-state index is 13.2. The van der Waals surface area contributed by atoms with Crippen molar-refractivity contribution in [1.82, 2.24) is 34.2 Å². The van der Waals surface area contributed by atoms with Crippen LogP contribution in [0, 0.1) is 0 Å². The molecule has 176 valence electrons. The Bertz CT molecular complexity index is 1450. The predicted octanol–water partition coefficient (Wildman–Crippen LogP) is 3.19. The SMILES string of the molecule is C=CCn1c(=O)c2cnc(Nc3ccc4c(c3)CCNC4)nc2n1-c1cn(C)c(C(C)(C)C)n1. The van der Waals surface area contributed by atoms with Gasteiger partial charge in [0.1, 0.15) is 11.2 Å². The third kappa shape index (κ3) is 3.81. The highest BCUT2D eigenvalue weighted by atomic mass is 16.1. The Morgan fingerprint density at radius 3 is 2.79 bits per heavy atom. The van der Waals surface area contributed by atoms with Crippen LogP contribution >= 0.6 is 0 Å². The molecule has 4 aromatic rings. The fourth-order valence-electron chi connectivity index (χ4n) is 4.54. The van der Waals surface area contributed by atoms with E-state index in [4.69, 9.17) is 9.97 Å². The molecule has 9 heteroatoms. The fraction of sp³-hybridized carbons (Fsp3) is 0.360. The molecule has 3 aromatic heterocycles. The first-order valence-corrected chi connectivity index (χ1v) is 11.5. The van der Waals surface area contributed by atoms with Crippen LogP contribution in [0.2, 0.25) is 0 Å². The first kappa shape index (κ1) is 22.1. The number of anilines is 2. The highest BCUT2D eigenvalue weighted by molar-refractivity contribution is 5.77. The molecular weight excluding hydrogens is 428 g/mol. The number of nitrogens with one attached hydrogen (secondary N) is 2. The van der Waals surface area contributed by atoms with Crippen LogP contribution in [0.1, 0.15) is 37.7 Å². The van der Waals surface area contributed by atoms with Crippen LogP contribution in [0.15, 0.2) is 48.0 Å². The van der Waals surface area contributed by atoms with Gasteiger partial charge in [0.15, 0.2) is 11.5 Å². The van der Waals surface area contributed by atoms with Crippen LogP contribution in [0.25, 0.3) is 16.9 Å². The second kappa shape index (κ2) is 8.25. The summed E-state index contributed by atoms with van der Waals surface area (Å²) in [5, 5.41) is 7.14. The van der Waals surface area contributed by atoms with E-state index >= 15 is 0 Å². The van der Waals surface area contributed by atoms with E-state index in [0.29, 0.717) is 29.3 Å². The lowest BCUT2D eigenvalue weighted by atomic mass is 9.96. The molecule has 0 radical (unpaired) electrons. The van der Waals surface area contributed by atoms with Crippen molar-refractivity contribution in [1.29, 1.82) is 0 Å². The molecule has 0 bridgehead atoms. The van der Waals surface area contributed by atoms with Crippen LogP contribution in [0.4, 0.5) is 11.6 Å². The molecule has 5 rings (SSSR count). The van der Waals surface area contributed by atoms with Crippen molar-refractivity contribution < 1.29 is 0 Å². The summed E-state index contributed by atoms with van der Waals surface area (Å²) >= 11 is 0. The Morgan fingerprint density at radius 2 is 2.06 bits per heavy atom. The molecule has 1 aromatic carbocycles. The molecule has 0 saturated carbocycles. The van der Waals surface area contributed by atoms with Gasteiger partial charge in [-0.25, -0.2) is 19.3 Å². The van der Waals surface area contributed by atoms with Crippen LogP contribution in [0.5, 0.6) is 0 Å². The number of aryl methyl sites for hydroxylation is 1. The van der Waals surface area contributed by atoms with E-state index in [0.717, 1.165) is 31.0 Å². The molecule has 0 spiro atoms. The zero-order chi connectivity index (χ0) is 24.0. The molecular formula is C25H30N8O. The lowest BCUT2D eigenvalue weighted by Gasteiger charge is -2.18. The number of hydrogen-bond donors (Lipinski definition) is 2. The van der Waals surface area contributed by atoms with E-state index in [1.54, 1.807) is 21.6 Å². The standard InChI is InChI=1S/C25H30N8O/c1-6-11-32-22(34)19-14-27-24(28-18-8-7-17-13-26-10-9-16(17)12-18)30-21(19)33(32)20-15-31(5)23(29-20)25(2,3)4/h6-8,12,14-15,26H,1,9-11,13H2,2-5H3,(H,27,28,30). The van der Waals surface area contributed by atoms with Gasteiger partial charge in [0.25, 0.3) is 5.56 Å². The number of fused-ring (bicyclic) bond motifs is 2. The van der Waals surface area contributed by atoms with Crippen molar-refractivity contribution in [3.63, 3.8) is 0 Å². The van der Waals surface area contributed by atoms with E-state index < -0.39 is 0 Å². The highest BCUT2D eigenvalue weighted by Crippen LogP contribution is 2.25. The number of aromatic nitrogens is 6. The molecule has 0 saturated heterocycles. The largest absolute Gasteiger partial charge is 0.335 e. The average molecular weight is 459 g/mol. The van der Waals surface area contributed by atoms with Gasteiger partial charge < -0.3 is 15.2 Å². The molecule has 34 heavy (non-hydrogen) atoms. The summed E-state index contributed by atoms with van der Waals surface area (Å²) < 4.78 is 5.35. The molecule has 2 N–H and O–H groups in total. The number of benzene rings is 1.